The van der Waals surface area contributed by atoms with Gasteiger partial charge in [-0.05, 0) is 24.7 Å². The quantitative estimate of drug-likeness (QED) is 0.865. The molecule has 2 aliphatic carbocycles. The Balaban J connectivity index is 1.68. The minimum absolute atomic E-state index is 0.174. The van der Waals surface area contributed by atoms with Gasteiger partial charge in [-0.15, -0.1) is 0 Å². The van der Waals surface area contributed by atoms with Crippen LogP contribution in [-0.2, 0) is 12.8 Å². The zero-order chi connectivity index (χ0) is 17.9. The van der Waals surface area contributed by atoms with Gasteiger partial charge in [0.2, 0.25) is 5.95 Å². The van der Waals surface area contributed by atoms with Gasteiger partial charge in [-0.25, -0.2) is 9.97 Å². The summed E-state index contributed by atoms with van der Waals surface area (Å²) in [6.45, 7) is 0. The van der Waals surface area contributed by atoms with Gasteiger partial charge in [0.25, 0.3) is 0 Å². The van der Waals surface area contributed by atoms with Crippen molar-refractivity contribution in [2.75, 3.05) is 11.5 Å². The number of aromatic nitrogens is 4. The second kappa shape index (κ2) is 7.72. The van der Waals surface area contributed by atoms with Crippen LogP contribution >= 0.6 is 0 Å². The number of nitrogens with zero attached hydrogens (tertiary/aromatic N) is 4. The lowest BCUT2D eigenvalue weighted by molar-refractivity contribution is 0.343. The molecule has 4 rings (SSSR count). The second-order valence-corrected chi connectivity index (χ2v) is 8.17. The number of nitrogens with two attached hydrogens (primary N) is 2. The molecule has 0 spiro atoms. The molecule has 140 valence electrons. The maximum atomic E-state index is 6.06. The van der Waals surface area contributed by atoms with Gasteiger partial charge in [0.15, 0.2) is 17.0 Å². The van der Waals surface area contributed by atoms with Gasteiger partial charge in [-0.3, -0.25) is 0 Å². The Morgan fingerprint density at radius 3 is 1.77 bits per heavy atom. The van der Waals surface area contributed by atoms with Crippen LogP contribution in [0.3, 0.4) is 0 Å². The molecule has 26 heavy (non-hydrogen) atoms. The van der Waals surface area contributed by atoms with Crippen molar-refractivity contribution in [1.29, 1.82) is 0 Å². The molecule has 0 aromatic carbocycles. The van der Waals surface area contributed by atoms with E-state index in [4.69, 9.17) is 21.4 Å². The standard InChI is InChI=1S/C20H30N6/c21-18-17-19(26-20(22)25-18)24-16(12-14-9-5-2-6-10-14)15(23-17)11-13-7-3-1-4-8-13/h13-14H,1-12H2,(H4,21,22,24,25,26). The van der Waals surface area contributed by atoms with E-state index in [9.17, 15) is 0 Å². The SMILES string of the molecule is Nc1nc(N)c2nc(CC3CCCCC3)c(CC3CCCCC3)nc2n1. The van der Waals surface area contributed by atoms with E-state index in [1.165, 1.54) is 64.2 Å². The molecule has 2 aromatic heterocycles. The zero-order valence-corrected chi connectivity index (χ0v) is 15.6. The van der Waals surface area contributed by atoms with Crippen molar-refractivity contribution in [1.82, 2.24) is 19.9 Å². The van der Waals surface area contributed by atoms with Gasteiger partial charge in [0.05, 0.1) is 11.4 Å². The maximum Gasteiger partial charge on any atom is 0.224 e. The van der Waals surface area contributed by atoms with Gasteiger partial charge < -0.3 is 11.5 Å². The van der Waals surface area contributed by atoms with Gasteiger partial charge in [-0.2, -0.15) is 9.97 Å². The third kappa shape index (κ3) is 3.89. The van der Waals surface area contributed by atoms with Gasteiger partial charge in [0.1, 0.15) is 0 Å². The Hall–Kier alpha value is -1.98. The Morgan fingerprint density at radius 2 is 1.19 bits per heavy atom. The smallest absolute Gasteiger partial charge is 0.224 e. The lowest BCUT2D eigenvalue weighted by Gasteiger charge is -2.24. The summed E-state index contributed by atoms with van der Waals surface area (Å²) in [6, 6.07) is 0. The second-order valence-electron chi connectivity index (χ2n) is 8.17. The Kier molecular flexibility index (Phi) is 5.18. The molecule has 2 aliphatic rings. The van der Waals surface area contributed by atoms with Crippen LogP contribution in [-0.4, -0.2) is 19.9 Å². The molecule has 2 heterocycles. The van der Waals surface area contributed by atoms with Crippen molar-refractivity contribution in [3.63, 3.8) is 0 Å². The predicted molar refractivity (Wildman–Crippen MR) is 105 cm³/mol. The fourth-order valence-corrected chi connectivity index (χ4v) is 4.71. The lowest BCUT2D eigenvalue weighted by atomic mass is 9.83. The average Bonchev–Trinajstić information content (AvgIpc) is 2.64. The molecule has 4 N–H and O–H groups in total. The third-order valence-corrected chi connectivity index (χ3v) is 6.14. The third-order valence-electron chi connectivity index (χ3n) is 6.14. The van der Waals surface area contributed by atoms with Crippen LogP contribution < -0.4 is 11.5 Å². The van der Waals surface area contributed by atoms with E-state index in [1.54, 1.807) is 0 Å². The number of hydrogen-bond acceptors (Lipinski definition) is 6. The van der Waals surface area contributed by atoms with Crippen LogP contribution in [0, 0.1) is 11.8 Å². The number of rotatable bonds is 4. The first-order valence-corrected chi connectivity index (χ1v) is 10.3. The van der Waals surface area contributed by atoms with Crippen LogP contribution in [0.1, 0.15) is 75.6 Å². The molecule has 0 radical (unpaired) electrons. The van der Waals surface area contributed by atoms with E-state index >= 15 is 0 Å². The van der Waals surface area contributed by atoms with Gasteiger partial charge in [-0.1, -0.05) is 64.2 Å². The molecule has 0 bridgehead atoms. The highest BCUT2D eigenvalue weighted by atomic mass is 15.1. The highest BCUT2D eigenvalue weighted by molar-refractivity contribution is 5.82. The van der Waals surface area contributed by atoms with Crippen LogP contribution in [0.4, 0.5) is 11.8 Å². The molecule has 2 fully saturated rings. The molecular formula is C20H30N6. The first-order chi connectivity index (χ1) is 12.7. The number of anilines is 2. The van der Waals surface area contributed by atoms with Crippen molar-refractivity contribution in [2.45, 2.75) is 77.0 Å². The van der Waals surface area contributed by atoms with E-state index in [-0.39, 0.29) is 5.95 Å². The zero-order valence-electron chi connectivity index (χ0n) is 15.6. The molecular weight excluding hydrogens is 324 g/mol. The summed E-state index contributed by atoms with van der Waals surface area (Å²) in [5.41, 5.74) is 15.2. The molecule has 2 saturated carbocycles. The minimum atomic E-state index is 0.174. The van der Waals surface area contributed by atoms with Crippen molar-refractivity contribution >= 4 is 22.9 Å². The molecule has 6 heteroatoms. The van der Waals surface area contributed by atoms with E-state index in [2.05, 4.69) is 9.97 Å². The minimum Gasteiger partial charge on any atom is -0.382 e. The Morgan fingerprint density at radius 1 is 0.654 bits per heavy atom. The summed E-state index contributed by atoms with van der Waals surface area (Å²) in [5.74, 6) is 1.95. The molecule has 0 atom stereocenters. The molecule has 0 aliphatic heterocycles. The molecule has 0 unspecified atom stereocenters. The van der Waals surface area contributed by atoms with Crippen LogP contribution in [0.2, 0.25) is 0 Å². The van der Waals surface area contributed by atoms with E-state index in [0.29, 0.717) is 17.0 Å². The maximum absolute atomic E-state index is 6.06. The van der Waals surface area contributed by atoms with Crippen molar-refractivity contribution in [3.05, 3.63) is 11.4 Å². The first kappa shape index (κ1) is 17.4. The predicted octanol–water partition coefficient (Wildman–Crippen LogP) is 3.83. The van der Waals surface area contributed by atoms with Crippen molar-refractivity contribution in [2.24, 2.45) is 11.8 Å². The number of fused-ring (bicyclic) bond motifs is 1. The summed E-state index contributed by atoms with van der Waals surface area (Å²) in [5, 5.41) is 0. The monoisotopic (exact) mass is 354 g/mol. The molecule has 0 amide bonds. The van der Waals surface area contributed by atoms with Crippen LogP contribution in [0.15, 0.2) is 0 Å². The molecule has 6 nitrogen and oxygen atoms in total. The Labute approximate surface area is 155 Å². The van der Waals surface area contributed by atoms with E-state index < -0.39 is 0 Å². The summed E-state index contributed by atoms with van der Waals surface area (Å²) in [6.07, 6.45) is 15.3. The highest BCUT2D eigenvalue weighted by Crippen LogP contribution is 2.31. The fraction of sp³-hybridized carbons (Fsp3) is 0.700. The lowest BCUT2D eigenvalue weighted by Crippen LogP contribution is -2.17. The molecule has 2 aromatic rings. The normalized spacial score (nSPS) is 19.8. The number of nitrogen functional groups attached to an aromatic ring is 2. The summed E-state index contributed by atoms with van der Waals surface area (Å²) < 4.78 is 0. The van der Waals surface area contributed by atoms with E-state index in [1.807, 2.05) is 0 Å². The molecule has 0 saturated heterocycles. The van der Waals surface area contributed by atoms with E-state index in [0.717, 1.165) is 36.1 Å². The van der Waals surface area contributed by atoms with Crippen molar-refractivity contribution in [3.8, 4) is 0 Å². The Bertz CT molecular complexity index is 762. The highest BCUT2D eigenvalue weighted by Gasteiger charge is 2.22. The van der Waals surface area contributed by atoms with Gasteiger partial charge in [0, 0.05) is 0 Å². The first-order valence-electron chi connectivity index (χ1n) is 10.3. The largest absolute Gasteiger partial charge is 0.382 e. The summed E-state index contributed by atoms with van der Waals surface area (Å²) in [4.78, 5) is 18.2. The number of hydrogen-bond donors (Lipinski definition) is 2. The summed E-state index contributed by atoms with van der Waals surface area (Å²) in [7, 11) is 0. The van der Waals surface area contributed by atoms with Crippen LogP contribution in [0.5, 0.6) is 0 Å². The fourth-order valence-electron chi connectivity index (χ4n) is 4.71. The van der Waals surface area contributed by atoms with Gasteiger partial charge >= 0.3 is 0 Å². The topological polar surface area (TPSA) is 104 Å². The van der Waals surface area contributed by atoms with Crippen molar-refractivity contribution < 1.29 is 0 Å². The van der Waals surface area contributed by atoms with Crippen LogP contribution in [0.25, 0.3) is 11.2 Å². The average molecular weight is 355 g/mol. The summed E-state index contributed by atoms with van der Waals surface area (Å²) >= 11 is 0.